The van der Waals surface area contributed by atoms with Crippen LogP contribution in [-0.4, -0.2) is 66.2 Å². The van der Waals surface area contributed by atoms with Crippen molar-refractivity contribution in [1.29, 1.82) is 0 Å². The molecule has 1 spiro atoms. The number of piperidine rings is 2. The van der Waals surface area contributed by atoms with E-state index in [-0.39, 0.29) is 18.1 Å². The highest BCUT2D eigenvalue weighted by atomic mass is 32.1. The summed E-state index contributed by atoms with van der Waals surface area (Å²) in [5, 5.41) is 3.47. The number of ether oxygens (including phenoxy) is 1. The van der Waals surface area contributed by atoms with E-state index in [2.05, 4.69) is 25.1 Å². The zero-order valence-electron chi connectivity index (χ0n) is 17.9. The maximum absolute atomic E-state index is 13.7. The molecule has 172 valence electrons. The van der Waals surface area contributed by atoms with Crippen LogP contribution in [0.1, 0.15) is 41.0 Å². The number of nitrogens with zero attached hydrogens (tertiary/aromatic N) is 4. The van der Waals surface area contributed by atoms with Gasteiger partial charge in [0, 0.05) is 37.2 Å². The Kier molecular flexibility index (Phi) is 6.09. The van der Waals surface area contributed by atoms with Crippen molar-refractivity contribution >= 4 is 22.4 Å². The third kappa shape index (κ3) is 4.49. The molecule has 0 aromatic carbocycles. The third-order valence-electron chi connectivity index (χ3n) is 6.78. The van der Waals surface area contributed by atoms with Crippen LogP contribution in [0.15, 0.2) is 18.5 Å². The van der Waals surface area contributed by atoms with Crippen molar-refractivity contribution in [2.75, 3.05) is 44.3 Å². The average Bonchev–Trinajstić information content (AvgIpc) is 3.28. The minimum Gasteiger partial charge on any atom is -0.380 e. The molecule has 3 saturated heterocycles. The van der Waals surface area contributed by atoms with Gasteiger partial charge in [-0.05, 0) is 32.2 Å². The van der Waals surface area contributed by atoms with Crippen LogP contribution in [0, 0.1) is 17.0 Å². The maximum Gasteiger partial charge on any atom is 0.263 e. The van der Waals surface area contributed by atoms with Crippen LogP contribution in [0.4, 0.5) is 13.9 Å². The SMILES string of the molecule is O=C(NCc1ncc(F)cc1F)c1cnc(N2CCC(N3CCCC4(COC4)C3)CC2)s1. The zero-order chi connectivity index (χ0) is 22.1. The lowest BCUT2D eigenvalue weighted by Crippen LogP contribution is -2.57. The summed E-state index contributed by atoms with van der Waals surface area (Å²) in [5.41, 5.74) is 0.402. The van der Waals surface area contributed by atoms with Gasteiger partial charge in [-0.2, -0.15) is 0 Å². The summed E-state index contributed by atoms with van der Waals surface area (Å²) in [6.45, 7) is 5.90. The minimum absolute atomic E-state index is 0.000447. The van der Waals surface area contributed by atoms with Gasteiger partial charge in [0.25, 0.3) is 5.91 Å². The van der Waals surface area contributed by atoms with E-state index in [1.165, 1.54) is 30.7 Å². The fourth-order valence-corrected chi connectivity index (χ4v) is 5.83. The van der Waals surface area contributed by atoms with Crippen LogP contribution in [0.3, 0.4) is 0 Å². The topological polar surface area (TPSA) is 70.6 Å². The monoisotopic (exact) mass is 463 g/mol. The van der Waals surface area contributed by atoms with Gasteiger partial charge in [-0.25, -0.2) is 13.8 Å². The first-order valence-corrected chi connectivity index (χ1v) is 11.9. The second kappa shape index (κ2) is 8.99. The summed E-state index contributed by atoms with van der Waals surface area (Å²) in [6.07, 6.45) is 7.21. The Labute approximate surface area is 189 Å². The van der Waals surface area contributed by atoms with Crippen molar-refractivity contribution in [2.24, 2.45) is 5.41 Å². The first-order valence-electron chi connectivity index (χ1n) is 11.1. The Bertz CT molecular complexity index is 975. The van der Waals surface area contributed by atoms with Crippen molar-refractivity contribution in [3.8, 4) is 0 Å². The predicted octanol–water partition coefficient (Wildman–Crippen LogP) is 2.83. The molecule has 0 atom stereocenters. The van der Waals surface area contributed by atoms with Crippen molar-refractivity contribution in [3.63, 3.8) is 0 Å². The standard InChI is InChI=1S/C22H27F2N5O2S/c23-15-8-17(24)18(25-9-15)10-26-20(30)19-11-27-21(32-19)28-6-2-16(3-7-28)29-5-1-4-22(12-29)13-31-14-22/h8-9,11,16H,1-7,10,12-14H2,(H,26,30). The molecule has 3 fully saturated rings. The number of aromatic nitrogens is 2. The smallest absolute Gasteiger partial charge is 0.263 e. The molecule has 0 bridgehead atoms. The maximum atomic E-state index is 13.7. The number of hydrogen-bond donors (Lipinski definition) is 1. The Morgan fingerprint density at radius 3 is 2.75 bits per heavy atom. The number of hydrogen-bond acceptors (Lipinski definition) is 7. The molecule has 3 aliphatic rings. The Morgan fingerprint density at radius 1 is 1.22 bits per heavy atom. The van der Waals surface area contributed by atoms with Gasteiger partial charge in [-0.3, -0.25) is 14.7 Å². The van der Waals surface area contributed by atoms with E-state index in [1.54, 1.807) is 6.20 Å². The number of amides is 1. The van der Waals surface area contributed by atoms with Gasteiger partial charge in [0.05, 0.1) is 37.8 Å². The quantitative estimate of drug-likeness (QED) is 0.736. The molecular formula is C22H27F2N5O2S. The lowest BCUT2D eigenvalue weighted by molar-refractivity contribution is -0.149. The molecule has 2 aromatic rings. The Morgan fingerprint density at radius 2 is 2.03 bits per heavy atom. The summed E-state index contributed by atoms with van der Waals surface area (Å²) in [4.78, 5) is 25.9. The van der Waals surface area contributed by atoms with Crippen LogP contribution in [0.5, 0.6) is 0 Å². The molecule has 2 aromatic heterocycles. The van der Waals surface area contributed by atoms with E-state index in [0.717, 1.165) is 63.1 Å². The second-order valence-electron chi connectivity index (χ2n) is 9.06. The van der Waals surface area contributed by atoms with Gasteiger partial charge < -0.3 is 15.0 Å². The lowest BCUT2D eigenvalue weighted by Gasteiger charge is -2.51. The summed E-state index contributed by atoms with van der Waals surface area (Å²) in [6, 6.07) is 1.36. The fraction of sp³-hybridized carbons (Fsp3) is 0.591. The highest BCUT2D eigenvalue weighted by Crippen LogP contribution is 2.38. The molecule has 32 heavy (non-hydrogen) atoms. The Balaban J connectivity index is 1.13. The second-order valence-corrected chi connectivity index (χ2v) is 10.1. The molecule has 1 amide bonds. The van der Waals surface area contributed by atoms with Gasteiger partial charge in [0.2, 0.25) is 0 Å². The summed E-state index contributed by atoms with van der Waals surface area (Å²) >= 11 is 1.34. The van der Waals surface area contributed by atoms with Crippen molar-refractivity contribution in [2.45, 2.75) is 38.3 Å². The average molecular weight is 464 g/mol. The lowest BCUT2D eigenvalue weighted by atomic mass is 9.77. The first-order chi connectivity index (χ1) is 15.5. The van der Waals surface area contributed by atoms with Crippen molar-refractivity contribution in [1.82, 2.24) is 20.2 Å². The van der Waals surface area contributed by atoms with Gasteiger partial charge in [0.15, 0.2) is 5.13 Å². The van der Waals surface area contributed by atoms with Gasteiger partial charge in [0.1, 0.15) is 16.5 Å². The van der Waals surface area contributed by atoms with Crippen LogP contribution >= 0.6 is 11.3 Å². The number of thiazole rings is 1. The van der Waals surface area contributed by atoms with Gasteiger partial charge in [-0.15, -0.1) is 0 Å². The molecule has 0 unspecified atom stereocenters. The molecule has 0 saturated carbocycles. The Hall–Kier alpha value is -2.17. The number of anilines is 1. The number of nitrogens with one attached hydrogen (secondary N) is 1. The minimum atomic E-state index is -0.775. The molecule has 10 heteroatoms. The molecule has 3 aliphatic heterocycles. The number of carbonyl (C=O) groups is 1. The molecule has 0 aliphatic carbocycles. The van der Waals surface area contributed by atoms with E-state index in [0.29, 0.717) is 16.3 Å². The fourth-order valence-electron chi connectivity index (χ4n) is 4.95. The molecule has 0 radical (unpaired) electrons. The van der Waals surface area contributed by atoms with Crippen LogP contribution in [-0.2, 0) is 11.3 Å². The van der Waals surface area contributed by atoms with Crippen molar-refractivity contribution in [3.05, 3.63) is 40.7 Å². The first kappa shape index (κ1) is 21.7. The van der Waals surface area contributed by atoms with Crippen molar-refractivity contribution < 1.29 is 18.3 Å². The largest absolute Gasteiger partial charge is 0.380 e. The van der Waals surface area contributed by atoms with E-state index in [4.69, 9.17) is 4.74 Å². The molecule has 5 rings (SSSR count). The third-order valence-corrected chi connectivity index (χ3v) is 7.83. The van der Waals surface area contributed by atoms with E-state index in [1.807, 2.05) is 0 Å². The van der Waals surface area contributed by atoms with Crippen LogP contribution in [0.2, 0.25) is 0 Å². The molecule has 1 N–H and O–H groups in total. The summed E-state index contributed by atoms with van der Waals surface area (Å²) in [7, 11) is 0. The van der Waals surface area contributed by atoms with Crippen LogP contribution in [0.25, 0.3) is 0 Å². The van der Waals surface area contributed by atoms with Gasteiger partial charge in [-0.1, -0.05) is 11.3 Å². The molecule has 7 nitrogen and oxygen atoms in total. The van der Waals surface area contributed by atoms with E-state index in [9.17, 15) is 13.6 Å². The zero-order valence-corrected chi connectivity index (χ0v) is 18.7. The highest BCUT2D eigenvalue weighted by Gasteiger charge is 2.43. The number of carbonyl (C=O) groups excluding carboxylic acids is 1. The molecule has 5 heterocycles. The summed E-state index contributed by atoms with van der Waals surface area (Å²) in [5.74, 6) is -1.86. The van der Waals surface area contributed by atoms with Crippen LogP contribution < -0.4 is 10.2 Å². The van der Waals surface area contributed by atoms with Gasteiger partial charge >= 0.3 is 0 Å². The number of likely N-dealkylation sites (tertiary alicyclic amines) is 1. The predicted molar refractivity (Wildman–Crippen MR) is 117 cm³/mol. The molecular weight excluding hydrogens is 436 g/mol. The summed E-state index contributed by atoms with van der Waals surface area (Å²) < 4.78 is 32.2. The normalized spacial score (nSPS) is 21.5. The number of rotatable bonds is 5. The highest BCUT2D eigenvalue weighted by molar-refractivity contribution is 7.17. The number of halogens is 2. The number of pyridine rings is 1. The van der Waals surface area contributed by atoms with E-state index < -0.39 is 11.6 Å². The van der Waals surface area contributed by atoms with E-state index >= 15 is 0 Å².